The van der Waals surface area contributed by atoms with E-state index < -0.39 is 0 Å². The van der Waals surface area contributed by atoms with Gasteiger partial charge < -0.3 is 20.1 Å². The predicted octanol–water partition coefficient (Wildman–Crippen LogP) is 5.39. The molecule has 2 aromatic rings. The zero-order chi connectivity index (χ0) is 23.9. The van der Waals surface area contributed by atoms with Crippen LogP contribution >= 0.6 is 0 Å². The standard InChI is InChI=1S/C14H21N.C10H13NO3.C4H8/c1-13-6-8-14(9-7-13)5-4-12-15-10-2-3-11-15;1-13-8-2-4-9(5-3-8)14-7-6-10(11)12;1-4-2-3-4/h6-9H,2-5,10-12H2,1H3;2-5H,6-7H2,1H3,(H2,11,12);4H,2-3H2,1H3. The second kappa shape index (κ2) is 15.3. The van der Waals surface area contributed by atoms with Crippen LogP contribution in [0.3, 0.4) is 0 Å². The van der Waals surface area contributed by atoms with Crippen molar-refractivity contribution in [3.8, 4) is 11.5 Å². The number of carbonyl (C=O) groups excluding carboxylic acids is 1. The minimum atomic E-state index is -0.362. The molecule has 0 atom stereocenters. The Bertz CT molecular complexity index is 780. The van der Waals surface area contributed by atoms with Crippen molar-refractivity contribution in [3.63, 3.8) is 0 Å². The van der Waals surface area contributed by atoms with Crippen LogP contribution in [-0.2, 0) is 11.2 Å². The molecule has 0 bridgehead atoms. The van der Waals surface area contributed by atoms with Crippen LogP contribution in [0.5, 0.6) is 11.5 Å². The van der Waals surface area contributed by atoms with Gasteiger partial charge in [-0.1, -0.05) is 49.6 Å². The third-order valence-corrected chi connectivity index (χ3v) is 5.80. The maximum atomic E-state index is 10.4. The Morgan fingerprint density at radius 1 is 1.00 bits per heavy atom. The largest absolute Gasteiger partial charge is 0.497 e. The van der Waals surface area contributed by atoms with Crippen molar-refractivity contribution in [1.29, 1.82) is 0 Å². The summed E-state index contributed by atoms with van der Waals surface area (Å²) in [6.07, 6.45) is 8.56. The Morgan fingerprint density at radius 3 is 2.09 bits per heavy atom. The van der Waals surface area contributed by atoms with Crippen LogP contribution in [0.1, 0.15) is 56.6 Å². The van der Waals surface area contributed by atoms with E-state index in [1.165, 1.54) is 69.3 Å². The third kappa shape index (κ3) is 12.9. The molecule has 2 N–H and O–H groups in total. The summed E-state index contributed by atoms with van der Waals surface area (Å²) in [5, 5.41) is 0. The van der Waals surface area contributed by atoms with Crippen LogP contribution in [0, 0.1) is 12.8 Å². The average molecular weight is 455 g/mol. The molecule has 0 spiro atoms. The average Bonchev–Trinajstić information content (AvgIpc) is 3.42. The van der Waals surface area contributed by atoms with E-state index in [1.807, 2.05) is 0 Å². The number of ether oxygens (including phenoxy) is 2. The SMILES string of the molecule is CC1CC1.COc1ccc(OCCC(N)=O)cc1.Cc1ccc(CCCN2CCCC2)cc1. The molecular formula is C28H42N2O3. The van der Waals surface area contributed by atoms with E-state index in [0.29, 0.717) is 12.4 Å². The molecule has 2 aliphatic rings. The second-order valence-electron chi connectivity index (χ2n) is 9.06. The fourth-order valence-electron chi connectivity index (χ4n) is 3.38. The maximum Gasteiger partial charge on any atom is 0.220 e. The molecule has 1 aliphatic heterocycles. The Kier molecular flexibility index (Phi) is 12.4. The number of hydrogen-bond donors (Lipinski definition) is 1. The zero-order valence-corrected chi connectivity index (χ0v) is 20.7. The molecule has 182 valence electrons. The summed E-state index contributed by atoms with van der Waals surface area (Å²) < 4.78 is 10.2. The first kappa shape index (κ1) is 26.7. The molecule has 1 heterocycles. The van der Waals surface area contributed by atoms with Gasteiger partial charge in [0.05, 0.1) is 20.1 Å². The van der Waals surface area contributed by atoms with Gasteiger partial charge >= 0.3 is 0 Å². The lowest BCUT2D eigenvalue weighted by molar-refractivity contribution is -0.118. The first-order chi connectivity index (χ1) is 16.0. The van der Waals surface area contributed by atoms with Crippen molar-refractivity contribution in [3.05, 3.63) is 59.7 Å². The van der Waals surface area contributed by atoms with Crippen LogP contribution in [-0.4, -0.2) is 44.2 Å². The zero-order valence-electron chi connectivity index (χ0n) is 20.7. The topological polar surface area (TPSA) is 64.8 Å². The Hall–Kier alpha value is -2.53. The van der Waals surface area contributed by atoms with Crippen molar-refractivity contribution in [1.82, 2.24) is 4.90 Å². The van der Waals surface area contributed by atoms with Crippen LogP contribution in [0.15, 0.2) is 48.5 Å². The summed E-state index contributed by atoms with van der Waals surface area (Å²) in [6.45, 7) is 8.67. The number of carbonyl (C=O) groups is 1. The van der Waals surface area contributed by atoms with Crippen molar-refractivity contribution >= 4 is 5.91 Å². The Morgan fingerprint density at radius 2 is 1.58 bits per heavy atom. The highest BCUT2D eigenvalue weighted by atomic mass is 16.5. The highest BCUT2D eigenvalue weighted by Crippen LogP contribution is 2.26. The van der Waals surface area contributed by atoms with Gasteiger partial charge in [-0.05, 0) is 88.0 Å². The summed E-state index contributed by atoms with van der Waals surface area (Å²) in [6, 6.07) is 16.1. The first-order valence-electron chi connectivity index (χ1n) is 12.3. The van der Waals surface area contributed by atoms with Gasteiger partial charge in [-0.25, -0.2) is 0 Å². The number of aryl methyl sites for hydroxylation is 2. The highest BCUT2D eigenvalue weighted by Gasteiger charge is 2.12. The van der Waals surface area contributed by atoms with Crippen molar-refractivity contribution in [2.75, 3.05) is 33.4 Å². The van der Waals surface area contributed by atoms with E-state index >= 15 is 0 Å². The fourth-order valence-corrected chi connectivity index (χ4v) is 3.38. The third-order valence-electron chi connectivity index (χ3n) is 5.80. The number of rotatable bonds is 9. The highest BCUT2D eigenvalue weighted by molar-refractivity contribution is 5.73. The van der Waals surface area contributed by atoms with Gasteiger partial charge in [-0.3, -0.25) is 4.79 Å². The number of likely N-dealkylation sites (tertiary alicyclic amines) is 1. The molecule has 2 aromatic carbocycles. The monoisotopic (exact) mass is 454 g/mol. The van der Waals surface area contributed by atoms with Gasteiger partial charge in [0.15, 0.2) is 0 Å². The second-order valence-corrected chi connectivity index (χ2v) is 9.06. The smallest absolute Gasteiger partial charge is 0.220 e. The van der Waals surface area contributed by atoms with Crippen LogP contribution in [0.2, 0.25) is 0 Å². The number of hydrogen-bond acceptors (Lipinski definition) is 4. The number of benzene rings is 2. The molecule has 5 heteroatoms. The van der Waals surface area contributed by atoms with Crippen molar-refractivity contribution < 1.29 is 14.3 Å². The van der Waals surface area contributed by atoms with E-state index in [1.54, 1.807) is 31.4 Å². The molecule has 1 saturated carbocycles. The lowest BCUT2D eigenvalue weighted by Gasteiger charge is -2.13. The molecule has 0 radical (unpaired) electrons. The molecule has 5 nitrogen and oxygen atoms in total. The van der Waals surface area contributed by atoms with E-state index in [0.717, 1.165) is 11.7 Å². The van der Waals surface area contributed by atoms with Crippen molar-refractivity contribution in [2.45, 2.75) is 58.8 Å². The van der Waals surface area contributed by atoms with E-state index in [4.69, 9.17) is 15.2 Å². The number of nitrogens with zero attached hydrogens (tertiary/aromatic N) is 1. The van der Waals surface area contributed by atoms with Crippen LogP contribution < -0.4 is 15.2 Å². The van der Waals surface area contributed by atoms with Gasteiger partial charge in [0.25, 0.3) is 0 Å². The normalized spacial score (nSPS) is 15.0. The number of amides is 1. The molecule has 0 aromatic heterocycles. The fraction of sp³-hybridized carbons (Fsp3) is 0.536. The lowest BCUT2D eigenvalue weighted by atomic mass is 10.1. The molecule has 0 unspecified atom stereocenters. The summed E-state index contributed by atoms with van der Waals surface area (Å²) >= 11 is 0. The summed E-state index contributed by atoms with van der Waals surface area (Å²) in [5.41, 5.74) is 7.81. The van der Waals surface area contributed by atoms with Gasteiger partial charge in [0, 0.05) is 0 Å². The molecule has 33 heavy (non-hydrogen) atoms. The first-order valence-corrected chi connectivity index (χ1v) is 12.3. The number of primary amides is 1. The molecule has 1 aliphatic carbocycles. The molecule has 4 rings (SSSR count). The summed E-state index contributed by atoms with van der Waals surface area (Å²) in [4.78, 5) is 13.0. The molecule has 1 amide bonds. The van der Waals surface area contributed by atoms with E-state index in [9.17, 15) is 4.79 Å². The number of methoxy groups -OCH3 is 1. The van der Waals surface area contributed by atoms with E-state index in [-0.39, 0.29) is 12.3 Å². The van der Waals surface area contributed by atoms with Gasteiger partial charge in [0.2, 0.25) is 5.91 Å². The Labute approximate surface area is 200 Å². The van der Waals surface area contributed by atoms with Crippen LogP contribution in [0.25, 0.3) is 0 Å². The molecule has 2 fully saturated rings. The quantitative estimate of drug-likeness (QED) is 0.552. The van der Waals surface area contributed by atoms with Gasteiger partial charge in [0.1, 0.15) is 11.5 Å². The van der Waals surface area contributed by atoms with Gasteiger partial charge in [-0.2, -0.15) is 0 Å². The lowest BCUT2D eigenvalue weighted by Crippen LogP contribution is -2.20. The molecular weight excluding hydrogens is 412 g/mol. The minimum Gasteiger partial charge on any atom is -0.497 e. The number of nitrogens with two attached hydrogens (primary N) is 1. The van der Waals surface area contributed by atoms with Gasteiger partial charge in [-0.15, -0.1) is 0 Å². The van der Waals surface area contributed by atoms with Crippen LogP contribution in [0.4, 0.5) is 0 Å². The minimum absolute atomic E-state index is 0.228. The predicted molar refractivity (Wildman–Crippen MR) is 136 cm³/mol. The maximum absolute atomic E-state index is 10.4. The summed E-state index contributed by atoms with van der Waals surface area (Å²) in [5.74, 6) is 2.19. The Balaban J connectivity index is 0.000000200. The summed E-state index contributed by atoms with van der Waals surface area (Å²) in [7, 11) is 1.60. The van der Waals surface area contributed by atoms with E-state index in [2.05, 4.69) is 43.0 Å². The van der Waals surface area contributed by atoms with Crippen molar-refractivity contribution in [2.24, 2.45) is 11.7 Å². The molecule has 1 saturated heterocycles.